The highest BCUT2D eigenvalue weighted by molar-refractivity contribution is 6.31. The van der Waals surface area contributed by atoms with Crippen LogP contribution in [0.25, 0.3) is 0 Å². The summed E-state index contributed by atoms with van der Waals surface area (Å²) in [6, 6.07) is 3.77. The van der Waals surface area contributed by atoms with E-state index in [4.69, 9.17) is 16.3 Å². The minimum absolute atomic E-state index is 0.637. The van der Waals surface area contributed by atoms with Gasteiger partial charge in [0.15, 0.2) is 0 Å². The van der Waals surface area contributed by atoms with Gasteiger partial charge in [-0.15, -0.1) is 0 Å². The van der Waals surface area contributed by atoms with Gasteiger partial charge >= 0.3 is 0 Å². The molecule has 0 saturated carbocycles. The highest BCUT2D eigenvalue weighted by Gasteiger charge is 2.06. The zero-order chi connectivity index (χ0) is 13.0. The number of anilines is 1. The van der Waals surface area contributed by atoms with Gasteiger partial charge in [0.25, 0.3) is 0 Å². The average Bonchev–Trinajstić information content (AvgIpc) is 2.41. The van der Waals surface area contributed by atoms with Crippen molar-refractivity contribution in [1.82, 2.24) is 9.97 Å². The maximum Gasteiger partial charge on any atom is 0.143 e. The van der Waals surface area contributed by atoms with Crippen LogP contribution in [-0.4, -0.2) is 17.1 Å². The highest BCUT2D eigenvalue weighted by Crippen LogP contribution is 2.31. The van der Waals surface area contributed by atoms with E-state index in [1.165, 1.54) is 6.33 Å². The second-order valence-corrected chi connectivity index (χ2v) is 4.31. The molecule has 0 fully saturated rings. The van der Waals surface area contributed by atoms with E-state index in [0.29, 0.717) is 11.6 Å². The lowest BCUT2D eigenvalue weighted by Gasteiger charge is -2.12. The van der Waals surface area contributed by atoms with Crippen molar-refractivity contribution in [2.24, 2.45) is 0 Å². The molecule has 1 heterocycles. The summed E-state index contributed by atoms with van der Waals surface area (Å²) in [6.45, 7) is 2.59. The van der Waals surface area contributed by atoms with Crippen LogP contribution in [0.1, 0.15) is 11.1 Å². The van der Waals surface area contributed by atoms with Gasteiger partial charge in [0.05, 0.1) is 12.8 Å². The number of aryl methyl sites for hydroxylation is 1. The minimum Gasteiger partial charge on any atom is -0.495 e. The van der Waals surface area contributed by atoms with Gasteiger partial charge in [0.2, 0.25) is 0 Å². The largest absolute Gasteiger partial charge is 0.495 e. The first kappa shape index (κ1) is 12.6. The van der Waals surface area contributed by atoms with E-state index < -0.39 is 0 Å². The Labute approximate surface area is 111 Å². The quantitative estimate of drug-likeness (QED) is 0.921. The van der Waals surface area contributed by atoms with Crippen LogP contribution in [0.15, 0.2) is 30.9 Å². The molecule has 4 nitrogen and oxygen atoms in total. The molecule has 0 radical (unpaired) electrons. The third-order valence-electron chi connectivity index (χ3n) is 2.58. The lowest BCUT2D eigenvalue weighted by Crippen LogP contribution is -2.02. The lowest BCUT2D eigenvalue weighted by molar-refractivity contribution is 0.416. The van der Waals surface area contributed by atoms with Crippen molar-refractivity contribution in [3.8, 4) is 5.75 Å². The van der Waals surface area contributed by atoms with E-state index in [1.807, 2.05) is 13.0 Å². The Hall–Kier alpha value is -1.81. The zero-order valence-corrected chi connectivity index (χ0v) is 11.0. The molecule has 0 aliphatic carbocycles. The summed E-state index contributed by atoms with van der Waals surface area (Å²) in [5.41, 5.74) is 2.92. The van der Waals surface area contributed by atoms with E-state index in [0.717, 1.165) is 22.6 Å². The van der Waals surface area contributed by atoms with Crippen molar-refractivity contribution in [3.05, 3.63) is 47.0 Å². The van der Waals surface area contributed by atoms with Crippen molar-refractivity contribution < 1.29 is 4.74 Å². The van der Waals surface area contributed by atoms with Crippen molar-refractivity contribution in [1.29, 1.82) is 0 Å². The summed E-state index contributed by atoms with van der Waals surface area (Å²) >= 11 is 6.05. The van der Waals surface area contributed by atoms with Crippen molar-refractivity contribution in [2.45, 2.75) is 13.5 Å². The van der Waals surface area contributed by atoms with Gasteiger partial charge in [0.1, 0.15) is 12.1 Å². The van der Waals surface area contributed by atoms with Gasteiger partial charge in [-0.1, -0.05) is 11.6 Å². The van der Waals surface area contributed by atoms with Crippen LogP contribution >= 0.6 is 11.6 Å². The number of methoxy groups -OCH3 is 1. The van der Waals surface area contributed by atoms with Gasteiger partial charge in [-0.05, 0) is 18.6 Å². The molecule has 0 saturated heterocycles. The molecule has 1 aromatic carbocycles. The Kier molecular flexibility index (Phi) is 3.99. The average molecular weight is 264 g/mol. The van der Waals surface area contributed by atoms with Crippen LogP contribution in [0, 0.1) is 6.92 Å². The summed E-state index contributed by atoms with van der Waals surface area (Å²) in [5, 5.41) is 3.98. The van der Waals surface area contributed by atoms with Crippen LogP contribution in [0.3, 0.4) is 0 Å². The number of halogens is 1. The smallest absolute Gasteiger partial charge is 0.143 e. The predicted octanol–water partition coefficient (Wildman–Crippen LogP) is 3.06. The summed E-state index contributed by atoms with van der Waals surface area (Å²) in [4.78, 5) is 7.94. The predicted molar refractivity (Wildman–Crippen MR) is 72.1 cm³/mol. The Balaban J connectivity index is 2.16. The van der Waals surface area contributed by atoms with Crippen molar-refractivity contribution in [3.63, 3.8) is 0 Å². The molecular formula is C13H14ClN3O. The molecule has 1 N–H and O–H groups in total. The standard InChI is InChI=1S/C13H14ClN3O/c1-9-3-12(13(18-2)4-11(9)14)17-7-10-5-15-8-16-6-10/h3-6,8,17H,7H2,1-2H3. The van der Waals surface area contributed by atoms with Gasteiger partial charge in [-0.2, -0.15) is 0 Å². The van der Waals surface area contributed by atoms with E-state index in [-0.39, 0.29) is 0 Å². The number of aromatic nitrogens is 2. The molecule has 0 amide bonds. The summed E-state index contributed by atoms with van der Waals surface area (Å²) in [7, 11) is 1.62. The molecule has 94 valence electrons. The van der Waals surface area contributed by atoms with Crippen LogP contribution in [0.4, 0.5) is 5.69 Å². The number of ether oxygens (including phenoxy) is 1. The molecule has 0 unspecified atom stereocenters. The lowest BCUT2D eigenvalue weighted by atomic mass is 10.2. The summed E-state index contributed by atoms with van der Waals surface area (Å²) in [6.07, 6.45) is 5.06. The molecule has 0 spiro atoms. The van der Waals surface area contributed by atoms with Crippen molar-refractivity contribution in [2.75, 3.05) is 12.4 Å². The Morgan fingerprint density at radius 2 is 2.00 bits per heavy atom. The van der Waals surface area contributed by atoms with E-state index >= 15 is 0 Å². The van der Waals surface area contributed by atoms with Crippen molar-refractivity contribution >= 4 is 17.3 Å². The number of nitrogens with zero attached hydrogens (tertiary/aromatic N) is 2. The van der Waals surface area contributed by atoms with E-state index in [1.54, 1.807) is 25.6 Å². The molecule has 0 aliphatic rings. The molecule has 2 rings (SSSR count). The first-order valence-electron chi connectivity index (χ1n) is 5.52. The zero-order valence-electron chi connectivity index (χ0n) is 10.3. The SMILES string of the molecule is COc1cc(Cl)c(C)cc1NCc1cncnc1. The molecule has 5 heteroatoms. The maximum atomic E-state index is 6.05. The van der Waals surface area contributed by atoms with Crippen LogP contribution in [-0.2, 0) is 6.54 Å². The van der Waals surface area contributed by atoms with Crippen LogP contribution in [0.2, 0.25) is 5.02 Å². The van der Waals surface area contributed by atoms with Gasteiger partial charge in [-0.3, -0.25) is 0 Å². The summed E-state index contributed by atoms with van der Waals surface area (Å²) in [5.74, 6) is 0.724. The fourth-order valence-corrected chi connectivity index (χ4v) is 1.74. The number of rotatable bonds is 4. The Morgan fingerprint density at radius 3 is 2.67 bits per heavy atom. The van der Waals surface area contributed by atoms with Crippen LogP contribution in [0.5, 0.6) is 5.75 Å². The second-order valence-electron chi connectivity index (χ2n) is 3.90. The normalized spacial score (nSPS) is 10.2. The van der Waals surface area contributed by atoms with Gasteiger partial charge < -0.3 is 10.1 Å². The third-order valence-corrected chi connectivity index (χ3v) is 2.98. The number of hydrogen-bond donors (Lipinski definition) is 1. The molecule has 1 aromatic heterocycles. The monoisotopic (exact) mass is 263 g/mol. The number of benzene rings is 1. The minimum atomic E-state index is 0.637. The first-order chi connectivity index (χ1) is 8.70. The molecule has 2 aromatic rings. The van der Waals surface area contributed by atoms with E-state index in [9.17, 15) is 0 Å². The molecule has 0 bridgehead atoms. The number of nitrogens with one attached hydrogen (secondary N) is 1. The third kappa shape index (κ3) is 2.90. The molecule has 0 aliphatic heterocycles. The summed E-state index contributed by atoms with van der Waals surface area (Å²) < 4.78 is 5.29. The Morgan fingerprint density at radius 1 is 1.28 bits per heavy atom. The molecule has 0 atom stereocenters. The first-order valence-corrected chi connectivity index (χ1v) is 5.90. The van der Waals surface area contributed by atoms with Crippen LogP contribution < -0.4 is 10.1 Å². The fourth-order valence-electron chi connectivity index (χ4n) is 1.59. The number of hydrogen-bond acceptors (Lipinski definition) is 4. The van der Waals surface area contributed by atoms with Gasteiger partial charge in [0, 0.05) is 35.6 Å². The maximum absolute atomic E-state index is 6.05. The topological polar surface area (TPSA) is 47.0 Å². The highest BCUT2D eigenvalue weighted by atomic mass is 35.5. The molecular weight excluding hydrogens is 250 g/mol. The second kappa shape index (κ2) is 5.69. The fraction of sp³-hybridized carbons (Fsp3) is 0.231. The van der Waals surface area contributed by atoms with Gasteiger partial charge in [-0.25, -0.2) is 9.97 Å². The molecule has 18 heavy (non-hydrogen) atoms. The Bertz CT molecular complexity index is 531. The van der Waals surface area contributed by atoms with E-state index in [2.05, 4.69) is 15.3 Å².